The molecule has 3 heterocycles. The van der Waals surface area contributed by atoms with Gasteiger partial charge in [0.25, 0.3) is 0 Å². The monoisotopic (exact) mass is 688 g/mol. The van der Waals surface area contributed by atoms with Gasteiger partial charge in [-0.1, -0.05) is 84.9 Å². The van der Waals surface area contributed by atoms with Gasteiger partial charge in [-0.3, -0.25) is 4.57 Å². The third-order valence-electron chi connectivity index (χ3n) is 11.0. The minimum Gasteiger partial charge on any atom is -0.457 e. The molecule has 266 valence electrons. The Bertz CT molecular complexity index is 2390. The fourth-order valence-electron chi connectivity index (χ4n) is 7.76. The van der Waals surface area contributed by atoms with E-state index < -0.39 is 0 Å². The first kappa shape index (κ1) is 35.3. The molecule has 0 aliphatic rings. The molecule has 5 nitrogen and oxygen atoms in total. The fraction of sp³-hybridized carbons (Fsp3) is 0.319. The third-order valence-corrected chi connectivity index (χ3v) is 11.0. The van der Waals surface area contributed by atoms with Crippen LogP contribution in [0.4, 0.5) is 0 Å². The van der Waals surface area contributed by atoms with Crippen LogP contribution in [-0.2, 0) is 6.42 Å². The predicted octanol–water partition coefficient (Wildman–Crippen LogP) is 12.7. The van der Waals surface area contributed by atoms with Gasteiger partial charge in [-0.05, 0) is 121 Å². The molecular weight excluding hydrogens is 637 g/mol. The Morgan fingerprint density at radius 1 is 0.731 bits per heavy atom. The van der Waals surface area contributed by atoms with Crippen molar-refractivity contribution in [2.24, 2.45) is 17.3 Å². The van der Waals surface area contributed by atoms with Crippen LogP contribution in [0, 0.1) is 38.0 Å². The van der Waals surface area contributed by atoms with Crippen molar-refractivity contribution in [1.82, 2.24) is 19.3 Å². The molecule has 0 fully saturated rings. The number of aromatic nitrogens is 4. The molecule has 0 aliphatic heterocycles. The van der Waals surface area contributed by atoms with Crippen molar-refractivity contribution < 1.29 is 4.74 Å². The van der Waals surface area contributed by atoms with Crippen LogP contribution in [-0.4, -0.2) is 19.3 Å². The first-order valence-corrected chi connectivity index (χ1v) is 18.7. The second kappa shape index (κ2) is 13.8. The highest BCUT2D eigenvalue weighted by Crippen LogP contribution is 2.41. The zero-order chi connectivity index (χ0) is 36.9. The lowest BCUT2D eigenvalue weighted by Gasteiger charge is -2.32. The number of hydrogen-bond donors (Lipinski definition) is 0. The zero-order valence-electron chi connectivity index (χ0n) is 32.5. The second-order valence-electron chi connectivity index (χ2n) is 16.3. The van der Waals surface area contributed by atoms with Gasteiger partial charge >= 0.3 is 0 Å². The summed E-state index contributed by atoms with van der Waals surface area (Å²) in [6, 6.07) is 34.8. The second-order valence-corrected chi connectivity index (χ2v) is 16.3. The van der Waals surface area contributed by atoms with E-state index in [9.17, 15) is 0 Å². The Balaban J connectivity index is 1.34. The van der Waals surface area contributed by atoms with E-state index in [4.69, 9.17) is 14.8 Å². The molecule has 0 bridgehead atoms. The summed E-state index contributed by atoms with van der Waals surface area (Å²) in [5.41, 5.74) is 11.7. The van der Waals surface area contributed by atoms with Gasteiger partial charge < -0.3 is 4.74 Å². The van der Waals surface area contributed by atoms with Gasteiger partial charge in [0, 0.05) is 40.4 Å². The molecule has 52 heavy (non-hydrogen) atoms. The van der Waals surface area contributed by atoms with E-state index in [0.717, 1.165) is 51.8 Å². The Morgan fingerprint density at radius 2 is 1.50 bits per heavy atom. The van der Waals surface area contributed by atoms with E-state index in [1.165, 1.54) is 38.6 Å². The van der Waals surface area contributed by atoms with E-state index in [-0.39, 0.29) is 5.41 Å². The first-order valence-electron chi connectivity index (χ1n) is 18.7. The topological polar surface area (TPSA) is 44.9 Å². The molecule has 2 atom stereocenters. The lowest BCUT2D eigenvalue weighted by Crippen LogP contribution is -2.22. The standard InChI is InChI=1S/C47H52N4O/c1-29(2)22-35-24-38(51-34(7)46(33(6)49-51)36-14-12-11-13-15-36)27-40(25-35)52-39-17-18-41-42-26-37(31(4)32(5)47(8,9)10)16-19-43(42)50(44(41)28-39)45-23-30(3)20-21-48-45/h11-21,23-29,31-32H,22H2,1-10H3. The Kier molecular flexibility index (Phi) is 9.33. The largest absolute Gasteiger partial charge is 0.457 e. The molecule has 0 aliphatic carbocycles. The summed E-state index contributed by atoms with van der Waals surface area (Å²) in [7, 11) is 0. The number of hydrogen-bond acceptors (Lipinski definition) is 3. The van der Waals surface area contributed by atoms with Crippen LogP contribution in [0.5, 0.6) is 11.5 Å². The first-order chi connectivity index (χ1) is 24.8. The van der Waals surface area contributed by atoms with Crippen LogP contribution in [0.3, 0.4) is 0 Å². The third kappa shape index (κ3) is 6.77. The van der Waals surface area contributed by atoms with Gasteiger partial charge in [-0.15, -0.1) is 0 Å². The average molecular weight is 689 g/mol. The molecule has 7 rings (SSSR count). The number of fused-ring (bicyclic) bond motifs is 3. The average Bonchev–Trinajstić information content (AvgIpc) is 3.59. The summed E-state index contributed by atoms with van der Waals surface area (Å²) in [4.78, 5) is 4.85. The highest BCUT2D eigenvalue weighted by Gasteiger charge is 2.27. The molecule has 4 aromatic carbocycles. The van der Waals surface area contributed by atoms with Crippen LogP contribution in [0.2, 0.25) is 0 Å². The van der Waals surface area contributed by atoms with Gasteiger partial charge in [0.05, 0.1) is 22.4 Å². The van der Waals surface area contributed by atoms with Crippen molar-refractivity contribution in [1.29, 1.82) is 0 Å². The number of benzene rings is 4. The molecule has 5 heteroatoms. The van der Waals surface area contributed by atoms with E-state index in [0.29, 0.717) is 17.8 Å². The minimum atomic E-state index is 0.214. The number of ether oxygens (including phenoxy) is 1. The highest BCUT2D eigenvalue weighted by atomic mass is 16.5. The van der Waals surface area contributed by atoms with Crippen molar-refractivity contribution in [3.63, 3.8) is 0 Å². The lowest BCUT2D eigenvalue weighted by molar-refractivity contribution is 0.228. The van der Waals surface area contributed by atoms with Crippen molar-refractivity contribution >= 4 is 21.8 Å². The maximum Gasteiger partial charge on any atom is 0.137 e. The van der Waals surface area contributed by atoms with E-state index in [1.807, 2.05) is 12.3 Å². The Hall–Kier alpha value is -5.16. The number of nitrogens with zero attached hydrogens (tertiary/aromatic N) is 4. The van der Waals surface area contributed by atoms with Crippen LogP contribution >= 0.6 is 0 Å². The van der Waals surface area contributed by atoms with E-state index >= 15 is 0 Å². The summed E-state index contributed by atoms with van der Waals surface area (Å²) in [6.07, 6.45) is 2.84. The minimum absolute atomic E-state index is 0.214. The summed E-state index contributed by atoms with van der Waals surface area (Å²) >= 11 is 0. The molecule has 0 amide bonds. The predicted molar refractivity (Wildman–Crippen MR) is 217 cm³/mol. The van der Waals surface area contributed by atoms with Gasteiger partial charge in [0.15, 0.2) is 0 Å². The summed E-state index contributed by atoms with van der Waals surface area (Å²) in [5.74, 6) is 3.92. The Labute approximate surface area is 309 Å². The van der Waals surface area contributed by atoms with Crippen LogP contribution in [0.1, 0.15) is 82.5 Å². The van der Waals surface area contributed by atoms with Crippen LogP contribution in [0.25, 0.3) is 44.4 Å². The van der Waals surface area contributed by atoms with Gasteiger partial charge in [-0.25, -0.2) is 9.67 Å². The van der Waals surface area contributed by atoms with Crippen molar-refractivity contribution in [2.45, 2.75) is 81.6 Å². The molecule has 0 radical (unpaired) electrons. The van der Waals surface area contributed by atoms with Crippen molar-refractivity contribution in [3.05, 3.63) is 131 Å². The molecule has 0 N–H and O–H groups in total. The van der Waals surface area contributed by atoms with Gasteiger partial charge in [-0.2, -0.15) is 5.10 Å². The normalized spacial score (nSPS) is 13.3. The number of rotatable bonds is 9. The SMILES string of the molecule is Cc1ccnc(-n2c3ccc(C(C)C(C)C(C)(C)C)cc3c3ccc(Oc4cc(CC(C)C)cc(-n5nc(C)c(-c6ccccc6)c5C)c4)cc32)c1. The maximum absolute atomic E-state index is 6.80. The van der Waals surface area contributed by atoms with Crippen LogP contribution in [0.15, 0.2) is 103 Å². The van der Waals surface area contributed by atoms with Crippen LogP contribution < -0.4 is 4.74 Å². The van der Waals surface area contributed by atoms with E-state index in [2.05, 4.69) is 169 Å². The van der Waals surface area contributed by atoms with Gasteiger partial charge in [0.2, 0.25) is 0 Å². The van der Waals surface area contributed by atoms with E-state index in [1.54, 1.807) is 0 Å². The fourth-order valence-corrected chi connectivity index (χ4v) is 7.76. The smallest absolute Gasteiger partial charge is 0.137 e. The molecule has 7 aromatic rings. The Morgan fingerprint density at radius 3 is 2.21 bits per heavy atom. The molecule has 0 saturated carbocycles. The molecule has 2 unspecified atom stereocenters. The highest BCUT2D eigenvalue weighted by molar-refractivity contribution is 6.09. The van der Waals surface area contributed by atoms with Gasteiger partial charge in [0.1, 0.15) is 17.3 Å². The quantitative estimate of drug-likeness (QED) is 0.152. The van der Waals surface area contributed by atoms with Crippen molar-refractivity contribution in [3.8, 4) is 34.1 Å². The van der Waals surface area contributed by atoms with Crippen molar-refractivity contribution in [2.75, 3.05) is 0 Å². The molecule has 0 spiro atoms. The maximum atomic E-state index is 6.80. The molecule has 0 saturated heterocycles. The summed E-state index contributed by atoms with van der Waals surface area (Å²) < 4.78 is 11.2. The summed E-state index contributed by atoms with van der Waals surface area (Å²) in [6.45, 7) is 22.6. The molecular formula is C47H52N4O. The summed E-state index contributed by atoms with van der Waals surface area (Å²) in [5, 5.41) is 7.46. The number of aryl methyl sites for hydroxylation is 2. The zero-order valence-corrected chi connectivity index (χ0v) is 32.5. The lowest BCUT2D eigenvalue weighted by atomic mass is 9.72. The molecule has 3 aromatic heterocycles. The number of pyridine rings is 1.